The summed E-state index contributed by atoms with van der Waals surface area (Å²) in [5.74, 6) is 0.425. The summed E-state index contributed by atoms with van der Waals surface area (Å²) in [4.78, 5) is 28.7. The Morgan fingerprint density at radius 1 is 1.00 bits per heavy atom. The van der Waals surface area contributed by atoms with E-state index in [-0.39, 0.29) is 58.5 Å². The second kappa shape index (κ2) is 14.4. The van der Waals surface area contributed by atoms with Gasteiger partial charge in [-0.15, -0.1) is 0 Å². The van der Waals surface area contributed by atoms with Crippen LogP contribution < -0.4 is 5.32 Å². The SMILES string of the molecule is CC(=O)c1c(C)nc2ccccc2c1NCc1cccc(CC[C@@]2(O)CC[C@@]3(C)C(C[C@@H](O)C4C3C[C@H](O)[C@@]3(C)C4CC[C@@H]3[C@H](C)CCC(=O)O)C2)c1. The van der Waals surface area contributed by atoms with Crippen molar-refractivity contribution in [2.45, 2.75) is 130 Å². The number of carbonyl (C=O) groups excluding carboxylic acids is 1. The van der Waals surface area contributed by atoms with Crippen molar-refractivity contribution in [3.05, 3.63) is 70.9 Å². The van der Waals surface area contributed by atoms with Crippen molar-refractivity contribution in [3.63, 3.8) is 0 Å². The van der Waals surface area contributed by atoms with Gasteiger partial charge in [0.2, 0.25) is 0 Å². The number of rotatable bonds is 11. The van der Waals surface area contributed by atoms with E-state index in [9.17, 15) is 30.0 Å². The smallest absolute Gasteiger partial charge is 0.303 e. The summed E-state index contributed by atoms with van der Waals surface area (Å²) >= 11 is 0. The molecule has 0 saturated heterocycles. The van der Waals surface area contributed by atoms with Gasteiger partial charge in [0.1, 0.15) is 0 Å². The number of aliphatic carboxylic acids is 1. The zero-order valence-corrected chi connectivity index (χ0v) is 32.3. The van der Waals surface area contributed by atoms with Gasteiger partial charge in [-0.1, -0.05) is 63.2 Å². The van der Waals surface area contributed by atoms with Gasteiger partial charge in [-0.3, -0.25) is 14.6 Å². The number of para-hydroxylation sites is 1. The highest BCUT2D eigenvalue weighted by molar-refractivity contribution is 6.08. The van der Waals surface area contributed by atoms with E-state index < -0.39 is 23.8 Å². The van der Waals surface area contributed by atoms with Crippen LogP contribution in [0.25, 0.3) is 10.9 Å². The molecule has 3 aromatic rings. The molecule has 5 N–H and O–H groups in total. The van der Waals surface area contributed by atoms with Gasteiger partial charge in [-0.05, 0) is 142 Å². The minimum atomic E-state index is -0.811. The van der Waals surface area contributed by atoms with Crippen LogP contribution in [-0.2, 0) is 17.8 Å². The van der Waals surface area contributed by atoms with E-state index in [1.807, 2.05) is 31.2 Å². The van der Waals surface area contributed by atoms with Gasteiger partial charge in [-0.2, -0.15) is 0 Å². The van der Waals surface area contributed by atoms with Crippen LogP contribution in [0.1, 0.15) is 119 Å². The second-order valence-corrected chi connectivity index (χ2v) is 18.1. The summed E-state index contributed by atoms with van der Waals surface area (Å²) in [5.41, 5.74) is 4.11. The summed E-state index contributed by atoms with van der Waals surface area (Å²) in [6.07, 6.45) is 6.83. The van der Waals surface area contributed by atoms with E-state index >= 15 is 0 Å². The van der Waals surface area contributed by atoms with E-state index in [0.29, 0.717) is 44.2 Å². The molecule has 4 unspecified atom stereocenters. The maximum Gasteiger partial charge on any atom is 0.303 e. The standard InChI is InChI=1S/C45H60N2O6/c1-26(13-16-39(51)52)33-14-15-34-41-35(23-38(50)44(33,34)5)43(4)19-20-45(53,24-31(43)22-37(41)49)18-17-29-9-8-10-30(21-29)25-46-42-32-11-6-7-12-36(32)47-27(2)40(42)28(3)48/h6-12,21,26,31,33-35,37-38,41,49-50,53H,13-20,22-25H2,1-5H3,(H,46,47)(H,51,52)/t26-,31?,33-,34?,35?,37-,38+,41?,43+,44-,45-/m1/s1. The van der Waals surface area contributed by atoms with Crippen molar-refractivity contribution in [1.29, 1.82) is 0 Å². The highest BCUT2D eigenvalue weighted by Gasteiger charge is 2.66. The van der Waals surface area contributed by atoms with Crippen molar-refractivity contribution >= 4 is 28.3 Å². The van der Waals surface area contributed by atoms with Crippen LogP contribution in [-0.4, -0.2) is 55.0 Å². The van der Waals surface area contributed by atoms with Crippen LogP contribution >= 0.6 is 0 Å². The lowest BCUT2D eigenvalue weighted by Crippen LogP contribution is -2.63. The third-order valence-corrected chi connectivity index (χ3v) is 15.3. The monoisotopic (exact) mass is 724 g/mol. The van der Waals surface area contributed by atoms with Gasteiger partial charge < -0.3 is 25.7 Å². The van der Waals surface area contributed by atoms with Crippen molar-refractivity contribution < 1.29 is 30.0 Å². The molecule has 4 aliphatic carbocycles. The van der Waals surface area contributed by atoms with Crippen LogP contribution in [0.5, 0.6) is 0 Å². The molecule has 53 heavy (non-hydrogen) atoms. The molecule has 0 amide bonds. The lowest BCUT2D eigenvalue weighted by Gasteiger charge is -2.64. The number of nitrogens with zero attached hydrogens (tertiary/aromatic N) is 1. The maximum atomic E-state index is 12.7. The third kappa shape index (κ3) is 6.82. The highest BCUT2D eigenvalue weighted by Crippen LogP contribution is 2.69. The first kappa shape index (κ1) is 38.0. The summed E-state index contributed by atoms with van der Waals surface area (Å²) in [6, 6.07) is 16.4. The molecule has 8 heteroatoms. The van der Waals surface area contributed by atoms with Crippen LogP contribution in [0.15, 0.2) is 48.5 Å². The Balaban J connectivity index is 1.01. The first-order valence-electron chi connectivity index (χ1n) is 20.2. The minimum absolute atomic E-state index is 0.0141. The number of fused-ring (bicyclic) bond motifs is 6. The van der Waals surface area contributed by atoms with Crippen LogP contribution in [0.2, 0.25) is 0 Å². The Bertz CT molecular complexity index is 1860. The predicted molar refractivity (Wildman–Crippen MR) is 208 cm³/mol. The molecule has 0 aliphatic heterocycles. The molecule has 7 rings (SSSR count). The molecule has 0 spiro atoms. The third-order valence-electron chi connectivity index (χ3n) is 15.3. The molecular formula is C45H60N2O6. The number of aliphatic hydroxyl groups is 3. The quantitative estimate of drug-likeness (QED) is 0.125. The Hall–Kier alpha value is -3.33. The zero-order chi connectivity index (χ0) is 37.9. The maximum absolute atomic E-state index is 12.7. The van der Waals surface area contributed by atoms with Gasteiger partial charge >= 0.3 is 5.97 Å². The Morgan fingerprint density at radius 3 is 2.51 bits per heavy atom. The van der Waals surface area contributed by atoms with Crippen molar-refractivity contribution in [2.75, 3.05) is 5.32 Å². The van der Waals surface area contributed by atoms with Crippen LogP contribution in [0.3, 0.4) is 0 Å². The molecule has 8 nitrogen and oxygen atoms in total. The number of nitrogens with one attached hydrogen (secondary N) is 1. The summed E-state index contributed by atoms with van der Waals surface area (Å²) in [7, 11) is 0. The van der Waals surface area contributed by atoms with Crippen molar-refractivity contribution in [1.82, 2.24) is 4.98 Å². The number of hydrogen-bond acceptors (Lipinski definition) is 7. The summed E-state index contributed by atoms with van der Waals surface area (Å²) in [5, 5.41) is 49.7. The Morgan fingerprint density at radius 2 is 1.75 bits per heavy atom. The number of benzene rings is 2. The molecule has 0 bridgehead atoms. The number of carboxylic acids is 1. The van der Waals surface area contributed by atoms with Gasteiger partial charge in [0.15, 0.2) is 5.78 Å². The predicted octanol–water partition coefficient (Wildman–Crippen LogP) is 8.12. The topological polar surface area (TPSA) is 140 Å². The second-order valence-electron chi connectivity index (χ2n) is 18.1. The highest BCUT2D eigenvalue weighted by atomic mass is 16.4. The summed E-state index contributed by atoms with van der Waals surface area (Å²) < 4.78 is 0. The molecule has 0 radical (unpaired) electrons. The lowest BCUT2D eigenvalue weighted by atomic mass is 9.42. The number of aryl methyl sites for hydroxylation is 2. The van der Waals surface area contributed by atoms with Gasteiger partial charge in [0.05, 0.1) is 40.3 Å². The normalized spacial score (nSPS) is 35.6. The van der Waals surface area contributed by atoms with E-state index in [4.69, 9.17) is 0 Å². The van der Waals surface area contributed by atoms with Crippen LogP contribution in [0, 0.1) is 53.3 Å². The van der Waals surface area contributed by atoms with E-state index in [2.05, 4.69) is 55.3 Å². The zero-order valence-electron chi connectivity index (χ0n) is 32.3. The van der Waals surface area contributed by atoms with E-state index in [1.54, 1.807) is 6.92 Å². The minimum Gasteiger partial charge on any atom is -0.481 e. The van der Waals surface area contributed by atoms with Crippen LogP contribution in [0.4, 0.5) is 5.69 Å². The first-order valence-corrected chi connectivity index (χ1v) is 20.2. The van der Waals surface area contributed by atoms with Crippen molar-refractivity contribution in [3.8, 4) is 0 Å². The molecule has 4 aliphatic rings. The molecular weight excluding hydrogens is 665 g/mol. The number of aromatic nitrogens is 1. The average Bonchev–Trinajstić information content (AvgIpc) is 3.48. The molecule has 1 aromatic heterocycles. The van der Waals surface area contributed by atoms with Gasteiger partial charge in [-0.25, -0.2) is 0 Å². The summed E-state index contributed by atoms with van der Waals surface area (Å²) in [6.45, 7) is 10.8. The molecule has 2 aromatic carbocycles. The number of carbonyl (C=O) groups is 2. The number of aliphatic hydroxyl groups excluding tert-OH is 2. The van der Waals surface area contributed by atoms with Gasteiger partial charge in [0.25, 0.3) is 0 Å². The average molecular weight is 725 g/mol. The first-order chi connectivity index (χ1) is 25.1. The number of anilines is 1. The fourth-order valence-electron chi connectivity index (χ4n) is 12.4. The number of hydrogen-bond donors (Lipinski definition) is 5. The lowest BCUT2D eigenvalue weighted by molar-refractivity contribution is -0.216. The largest absolute Gasteiger partial charge is 0.481 e. The molecule has 1 heterocycles. The number of Topliss-reactive ketones (excluding diaryl/α,β-unsaturated/α-hetero) is 1. The molecule has 286 valence electrons. The number of ketones is 1. The number of carboxylic acid groups (broad SMARTS) is 1. The molecule has 4 saturated carbocycles. The van der Waals surface area contributed by atoms with Crippen molar-refractivity contribution in [2.24, 2.45) is 46.3 Å². The van der Waals surface area contributed by atoms with Gasteiger partial charge in [0, 0.05) is 18.4 Å². The Kier molecular flexibility index (Phi) is 10.3. The molecule has 4 fully saturated rings. The fraction of sp³-hybridized carbons (Fsp3) is 0.622. The number of pyridine rings is 1. The Labute approximate surface area is 314 Å². The molecule has 11 atom stereocenters. The van der Waals surface area contributed by atoms with E-state index in [0.717, 1.165) is 60.0 Å². The fourth-order valence-corrected chi connectivity index (χ4v) is 12.4. The van der Waals surface area contributed by atoms with E-state index in [1.165, 1.54) is 5.56 Å².